The summed E-state index contributed by atoms with van der Waals surface area (Å²) in [5, 5.41) is 0.117. The molecule has 4 aliphatic carbocycles. The van der Waals surface area contributed by atoms with Crippen molar-refractivity contribution in [2.75, 3.05) is 0 Å². The van der Waals surface area contributed by atoms with Crippen molar-refractivity contribution in [2.45, 2.75) is 69.4 Å². The summed E-state index contributed by atoms with van der Waals surface area (Å²) >= 11 is 0. The largest absolute Gasteiger partial charge is 0.463 e. The third kappa shape index (κ3) is 0.983. The van der Waals surface area contributed by atoms with E-state index in [1.54, 1.807) is 0 Å². The fraction of sp³-hybridized carbons (Fsp3) is 1.00. The van der Waals surface area contributed by atoms with Crippen LogP contribution < -0.4 is 0 Å². The molecular weight excluding hydrogens is 199 g/mol. The lowest BCUT2D eigenvalue weighted by Gasteiger charge is -2.33. The average molecular weight is 220 g/mol. The highest BCUT2D eigenvalue weighted by atomic mass is 16.7. The van der Waals surface area contributed by atoms with E-state index in [-0.39, 0.29) is 23.6 Å². The molecule has 2 spiro atoms. The molecule has 2 nitrogen and oxygen atoms in total. The molecule has 1 heterocycles. The van der Waals surface area contributed by atoms with Crippen molar-refractivity contribution in [3.05, 3.63) is 0 Å². The van der Waals surface area contributed by atoms with Gasteiger partial charge in [0.25, 0.3) is 0 Å². The minimum absolute atomic E-state index is 0.0208. The van der Waals surface area contributed by atoms with Crippen molar-refractivity contribution >= 4 is 7.12 Å². The Labute approximate surface area is 98.2 Å². The van der Waals surface area contributed by atoms with E-state index in [4.69, 9.17) is 9.31 Å². The van der Waals surface area contributed by atoms with Gasteiger partial charge in [-0.25, -0.2) is 0 Å². The molecular formula is C13H21BO2. The summed E-state index contributed by atoms with van der Waals surface area (Å²) < 4.78 is 12.9. The van der Waals surface area contributed by atoms with Crippen LogP contribution in [0, 0.1) is 11.8 Å². The predicted molar refractivity (Wildman–Crippen MR) is 63.2 cm³/mol. The molecule has 0 aromatic rings. The molecule has 0 N–H and O–H groups in total. The monoisotopic (exact) mass is 220 g/mol. The first-order chi connectivity index (χ1) is 7.43. The van der Waals surface area contributed by atoms with Crippen LogP contribution >= 0.6 is 0 Å². The lowest BCUT2D eigenvalue weighted by atomic mass is 9.61. The molecule has 0 radical (unpaired) electrons. The van der Waals surface area contributed by atoms with Crippen LogP contribution in [0.25, 0.3) is 0 Å². The average Bonchev–Trinajstić information content (AvgIpc) is 2.54. The van der Waals surface area contributed by atoms with E-state index in [1.165, 1.54) is 32.1 Å². The number of rotatable bonds is 0. The third-order valence-corrected chi connectivity index (χ3v) is 5.34. The highest BCUT2D eigenvalue weighted by Gasteiger charge is 2.74. The SMILES string of the molecule is CC(C)(C)B1OC23CC4CC(C2)CC3(C4)O1. The zero-order chi connectivity index (χ0) is 11.2. The fourth-order valence-corrected chi connectivity index (χ4v) is 4.92. The summed E-state index contributed by atoms with van der Waals surface area (Å²) in [6.45, 7) is 6.67. The van der Waals surface area contributed by atoms with Gasteiger partial charge in [0.15, 0.2) is 0 Å². The van der Waals surface area contributed by atoms with Crippen LogP contribution in [0.15, 0.2) is 0 Å². The van der Waals surface area contributed by atoms with Crippen LogP contribution in [-0.2, 0) is 9.31 Å². The standard InChI is InChI=1S/C13H21BO2/c1-11(2,3)14-15-12-5-9-4-10(7-12)8-13(12,6-9)16-14/h9-10H,4-8H2,1-3H3. The Morgan fingerprint density at radius 1 is 0.938 bits per heavy atom. The Morgan fingerprint density at radius 2 is 1.38 bits per heavy atom. The Bertz CT molecular complexity index is 308. The Balaban J connectivity index is 1.72. The smallest absolute Gasteiger partial charge is 0.402 e. The molecule has 3 heteroatoms. The Hall–Kier alpha value is -0.0151. The fourth-order valence-electron chi connectivity index (χ4n) is 4.92. The highest BCUT2D eigenvalue weighted by molar-refractivity contribution is 6.49. The summed E-state index contributed by atoms with van der Waals surface area (Å²) in [4.78, 5) is 0. The van der Waals surface area contributed by atoms with E-state index >= 15 is 0 Å². The quantitative estimate of drug-likeness (QED) is 0.584. The summed E-state index contributed by atoms with van der Waals surface area (Å²) in [7, 11) is 0.0208. The minimum Gasteiger partial charge on any atom is -0.402 e. The lowest BCUT2D eigenvalue weighted by Crippen LogP contribution is -2.41. The maximum atomic E-state index is 6.43. The summed E-state index contributed by atoms with van der Waals surface area (Å²) in [6, 6.07) is 0. The molecule has 0 unspecified atom stereocenters. The van der Waals surface area contributed by atoms with Gasteiger partial charge >= 0.3 is 7.12 Å². The molecule has 5 rings (SSSR count). The first-order valence-corrected chi connectivity index (χ1v) is 6.78. The van der Waals surface area contributed by atoms with Crippen molar-refractivity contribution in [2.24, 2.45) is 11.8 Å². The van der Waals surface area contributed by atoms with Gasteiger partial charge in [0.2, 0.25) is 0 Å². The van der Waals surface area contributed by atoms with Crippen molar-refractivity contribution in [1.29, 1.82) is 0 Å². The van der Waals surface area contributed by atoms with Crippen LogP contribution in [0.2, 0.25) is 5.31 Å². The number of hydrogen-bond donors (Lipinski definition) is 0. The normalized spacial score (nSPS) is 53.8. The molecule has 0 atom stereocenters. The first kappa shape index (κ1) is 9.96. The second kappa shape index (κ2) is 2.54. The molecule has 5 aliphatic rings. The lowest BCUT2D eigenvalue weighted by molar-refractivity contribution is 0.00578. The van der Waals surface area contributed by atoms with E-state index in [2.05, 4.69) is 20.8 Å². The molecule has 5 fully saturated rings. The summed E-state index contributed by atoms with van der Waals surface area (Å²) in [5.74, 6) is 1.79. The van der Waals surface area contributed by atoms with Gasteiger partial charge in [0.1, 0.15) is 0 Å². The van der Waals surface area contributed by atoms with Crippen LogP contribution in [0.3, 0.4) is 0 Å². The predicted octanol–water partition coefficient (Wildman–Crippen LogP) is 3.02. The zero-order valence-electron chi connectivity index (χ0n) is 10.6. The summed E-state index contributed by atoms with van der Waals surface area (Å²) in [5.41, 5.74) is 0.247. The van der Waals surface area contributed by atoms with Gasteiger partial charge in [-0.2, -0.15) is 0 Å². The topological polar surface area (TPSA) is 18.5 Å². The molecule has 1 saturated heterocycles. The molecule has 4 bridgehead atoms. The second-order valence-electron chi connectivity index (χ2n) is 7.71. The van der Waals surface area contributed by atoms with Crippen LogP contribution in [-0.4, -0.2) is 18.3 Å². The highest BCUT2D eigenvalue weighted by Crippen LogP contribution is 2.69. The van der Waals surface area contributed by atoms with Crippen molar-refractivity contribution < 1.29 is 9.31 Å². The van der Waals surface area contributed by atoms with E-state index in [0.29, 0.717) is 0 Å². The van der Waals surface area contributed by atoms with Gasteiger partial charge < -0.3 is 9.31 Å². The Kier molecular flexibility index (Phi) is 1.58. The van der Waals surface area contributed by atoms with Gasteiger partial charge in [-0.15, -0.1) is 0 Å². The van der Waals surface area contributed by atoms with E-state index < -0.39 is 0 Å². The van der Waals surface area contributed by atoms with Crippen molar-refractivity contribution in [3.63, 3.8) is 0 Å². The van der Waals surface area contributed by atoms with Crippen LogP contribution in [0.4, 0.5) is 0 Å². The zero-order valence-corrected chi connectivity index (χ0v) is 10.6. The molecule has 1 aliphatic heterocycles. The van der Waals surface area contributed by atoms with Gasteiger partial charge in [-0.05, 0) is 49.3 Å². The summed E-state index contributed by atoms with van der Waals surface area (Å²) in [6.07, 6.45) is 6.54. The third-order valence-electron chi connectivity index (χ3n) is 5.34. The van der Waals surface area contributed by atoms with E-state index in [0.717, 1.165) is 11.8 Å². The van der Waals surface area contributed by atoms with E-state index in [9.17, 15) is 0 Å². The maximum Gasteiger partial charge on any atom is 0.463 e. The molecule has 0 aromatic heterocycles. The van der Waals surface area contributed by atoms with Crippen molar-refractivity contribution in [3.8, 4) is 0 Å². The molecule has 4 saturated carbocycles. The van der Waals surface area contributed by atoms with Crippen LogP contribution in [0.5, 0.6) is 0 Å². The van der Waals surface area contributed by atoms with Gasteiger partial charge in [0, 0.05) is 0 Å². The molecule has 16 heavy (non-hydrogen) atoms. The first-order valence-electron chi connectivity index (χ1n) is 6.78. The maximum absolute atomic E-state index is 6.43. The minimum atomic E-state index is 0.0208. The van der Waals surface area contributed by atoms with Gasteiger partial charge in [0.05, 0.1) is 11.2 Å². The molecule has 0 amide bonds. The van der Waals surface area contributed by atoms with Gasteiger partial charge in [-0.3, -0.25) is 0 Å². The Morgan fingerprint density at radius 3 is 1.75 bits per heavy atom. The molecule has 0 aromatic carbocycles. The van der Waals surface area contributed by atoms with Crippen LogP contribution in [0.1, 0.15) is 52.9 Å². The van der Waals surface area contributed by atoms with Gasteiger partial charge in [-0.1, -0.05) is 20.8 Å². The second-order valence-corrected chi connectivity index (χ2v) is 7.71. The van der Waals surface area contributed by atoms with Crippen molar-refractivity contribution in [1.82, 2.24) is 0 Å². The number of hydrogen-bond acceptors (Lipinski definition) is 2. The van der Waals surface area contributed by atoms with E-state index in [1.807, 2.05) is 0 Å². The molecule has 88 valence electrons.